The number of rotatable bonds is 5. The number of carbonyl (C=O) groups is 1. The minimum absolute atomic E-state index is 0.238. The van der Waals surface area contributed by atoms with Crippen LogP contribution in [0.1, 0.15) is 10.4 Å². The molecule has 2 N–H and O–H groups in total. The molecule has 1 aromatic carbocycles. The predicted molar refractivity (Wildman–Crippen MR) is 104 cm³/mol. The number of aromatic nitrogens is 2. The highest BCUT2D eigenvalue weighted by Crippen LogP contribution is 2.29. The summed E-state index contributed by atoms with van der Waals surface area (Å²) >= 11 is 7.70. The van der Waals surface area contributed by atoms with Crippen LogP contribution >= 0.6 is 23.5 Å². The van der Waals surface area contributed by atoms with Gasteiger partial charge in [-0.25, -0.2) is 4.98 Å². The summed E-state index contributed by atoms with van der Waals surface area (Å²) in [5.74, 6) is 0.463. The second-order valence-electron chi connectivity index (χ2n) is 5.10. The number of carbonyl (C=O) groups excluding carboxylic acids is 1. The number of benzene rings is 1. The Hall–Kier alpha value is -2.57. The van der Waals surface area contributed by atoms with E-state index in [1.165, 1.54) is 18.1 Å². The van der Waals surface area contributed by atoms with E-state index in [4.69, 9.17) is 11.6 Å². The van der Waals surface area contributed by atoms with E-state index in [2.05, 4.69) is 20.0 Å². The van der Waals surface area contributed by atoms with Crippen molar-refractivity contribution >= 4 is 41.0 Å². The smallest absolute Gasteiger partial charge is 0.257 e. The quantitative estimate of drug-likeness (QED) is 0.635. The molecule has 2 aromatic heterocycles. The van der Waals surface area contributed by atoms with Crippen molar-refractivity contribution in [2.45, 2.75) is 0 Å². The lowest BCUT2D eigenvalue weighted by Gasteiger charge is -2.09. The highest BCUT2D eigenvalue weighted by atomic mass is 35.5. The van der Waals surface area contributed by atoms with E-state index in [1.807, 2.05) is 24.5 Å². The van der Waals surface area contributed by atoms with Gasteiger partial charge < -0.3 is 10.0 Å². The number of hydrogen-bond acceptors (Lipinski definition) is 5. The van der Waals surface area contributed by atoms with Gasteiger partial charge in [0.05, 0.1) is 16.3 Å². The molecule has 2 heterocycles. The van der Waals surface area contributed by atoms with E-state index in [1.54, 1.807) is 36.5 Å². The van der Waals surface area contributed by atoms with Crippen LogP contribution < -0.4 is 10.0 Å². The lowest BCUT2D eigenvalue weighted by molar-refractivity contribution is 0.102. The van der Waals surface area contributed by atoms with Gasteiger partial charge in [0.25, 0.3) is 5.91 Å². The highest BCUT2D eigenvalue weighted by Gasteiger charge is 2.10. The number of nitrogens with one attached hydrogen (secondary N) is 2. The zero-order valence-electron chi connectivity index (χ0n) is 13.4. The first kappa shape index (κ1) is 17.3. The lowest BCUT2D eigenvalue weighted by atomic mass is 10.1. The molecule has 0 saturated carbocycles. The Labute approximate surface area is 155 Å². The third kappa shape index (κ3) is 4.29. The summed E-state index contributed by atoms with van der Waals surface area (Å²) in [7, 11) is 0. The first-order chi connectivity index (χ1) is 12.2. The average Bonchev–Trinajstić information content (AvgIpc) is 2.65. The monoisotopic (exact) mass is 370 g/mol. The van der Waals surface area contributed by atoms with Gasteiger partial charge in [0.15, 0.2) is 0 Å². The molecule has 1 amide bonds. The van der Waals surface area contributed by atoms with Crippen molar-refractivity contribution in [2.75, 3.05) is 16.3 Å². The van der Waals surface area contributed by atoms with Gasteiger partial charge in [0, 0.05) is 29.9 Å². The molecule has 0 aliphatic heterocycles. The first-order valence-corrected chi connectivity index (χ1v) is 9.05. The molecule has 3 aromatic rings. The van der Waals surface area contributed by atoms with Crippen LogP contribution in [0.4, 0.5) is 11.5 Å². The summed E-state index contributed by atoms with van der Waals surface area (Å²) in [6, 6.07) is 14.4. The second-order valence-corrected chi connectivity index (χ2v) is 6.12. The number of nitrogens with zero attached hydrogens (tertiary/aromatic N) is 2. The molecular weight excluding hydrogens is 356 g/mol. The molecular formula is C18H15ClN4OS. The number of pyridine rings is 2. The van der Waals surface area contributed by atoms with E-state index in [0.717, 1.165) is 11.3 Å². The molecule has 0 spiro atoms. The van der Waals surface area contributed by atoms with Crippen molar-refractivity contribution in [3.63, 3.8) is 0 Å². The fourth-order valence-electron chi connectivity index (χ4n) is 2.22. The highest BCUT2D eigenvalue weighted by molar-refractivity contribution is 7.99. The largest absolute Gasteiger partial charge is 0.322 e. The summed E-state index contributed by atoms with van der Waals surface area (Å²) in [4.78, 5) is 20.9. The summed E-state index contributed by atoms with van der Waals surface area (Å²) in [5.41, 5.74) is 2.62. The molecule has 126 valence electrons. The van der Waals surface area contributed by atoms with Crippen molar-refractivity contribution in [1.29, 1.82) is 0 Å². The summed E-state index contributed by atoms with van der Waals surface area (Å²) in [5, 5.41) is 3.43. The van der Waals surface area contributed by atoms with Gasteiger partial charge in [0.1, 0.15) is 5.82 Å². The van der Waals surface area contributed by atoms with E-state index in [0.29, 0.717) is 22.1 Å². The Morgan fingerprint density at radius 2 is 2.00 bits per heavy atom. The Bertz CT molecular complexity index is 872. The van der Waals surface area contributed by atoms with E-state index in [-0.39, 0.29) is 5.91 Å². The SMILES string of the molecule is CSNc1ccc(C(=O)Nc2ccc(Cl)c(-c3ccccn3)c2)cn1. The summed E-state index contributed by atoms with van der Waals surface area (Å²) < 4.78 is 3.01. The Morgan fingerprint density at radius 3 is 2.68 bits per heavy atom. The van der Waals surface area contributed by atoms with E-state index in [9.17, 15) is 4.79 Å². The molecule has 0 radical (unpaired) electrons. The van der Waals surface area contributed by atoms with Crippen molar-refractivity contribution in [1.82, 2.24) is 9.97 Å². The van der Waals surface area contributed by atoms with Gasteiger partial charge in [0.2, 0.25) is 0 Å². The molecule has 0 fully saturated rings. The van der Waals surface area contributed by atoms with E-state index < -0.39 is 0 Å². The van der Waals surface area contributed by atoms with Crippen LogP contribution in [0.3, 0.4) is 0 Å². The molecule has 25 heavy (non-hydrogen) atoms. The van der Waals surface area contributed by atoms with Gasteiger partial charge in [-0.3, -0.25) is 9.78 Å². The number of anilines is 2. The van der Waals surface area contributed by atoms with Crippen LogP contribution in [0.25, 0.3) is 11.3 Å². The van der Waals surface area contributed by atoms with Crippen LogP contribution in [-0.2, 0) is 0 Å². The predicted octanol–water partition coefficient (Wildman–Crippen LogP) is 4.74. The Kier molecular flexibility index (Phi) is 5.53. The van der Waals surface area contributed by atoms with Gasteiger partial charge in [-0.15, -0.1) is 0 Å². The standard InChI is InChI=1S/C18H15ClN4OS/c1-25-23-17-8-5-12(11-21-17)18(24)22-13-6-7-15(19)14(10-13)16-4-2-3-9-20-16/h2-11H,1H3,(H,21,23)(H,22,24). The van der Waals surface area contributed by atoms with Gasteiger partial charge >= 0.3 is 0 Å². The lowest BCUT2D eigenvalue weighted by Crippen LogP contribution is -2.12. The maximum Gasteiger partial charge on any atom is 0.257 e. The molecule has 0 bridgehead atoms. The third-order valence-electron chi connectivity index (χ3n) is 3.40. The van der Waals surface area contributed by atoms with Gasteiger partial charge in [-0.1, -0.05) is 29.6 Å². The molecule has 7 heteroatoms. The second kappa shape index (κ2) is 8.00. The maximum absolute atomic E-state index is 12.4. The number of hydrogen-bond donors (Lipinski definition) is 2. The zero-order valence-corrected chi connectivity index (χ0v) is 14.9. The minimum Gasteiger partial charge on any atom is -0.322 e. The molecule has 0 saturated heterocycles. The Morgan fingerprint density at radius 1 is 1.12 bits per heavy atom. The molecule has 0 aliphatic carbocycles. The average molecular weight is 371 g/mol. The summed E-state index contributed by atoms with van der Waals surface area (Å²) in [6.45, 7) is 0. The number of halogens is 1. The van der Waals surface area contributed by atoms with Crippen molar-refractivity contribution in [2.24, 2.45) is 0 Å². The summed E-state index contributed by atoms with van der Waals surface area (Å²) in [6.07, 6.45) is 5.14. The number of amides is 1. The zero-order chi connectivity index (χ0) is 17.6. The Balaban J connectivity index is 1.79. The van der Waals surface area contributed by atoms with Gasteiger partial charge in [-0.05, 0) is 42.5 Å². The van der Waals surface area contributed by atoms with Crippen LogP contribution in [0.2, 0.25) is 5.02 Å². The van der Waals surface area contributed by atoms with Crippen molar-refractivity contribution in [3.05, 3.63) is 71.5 Å². The molecule has 3 rings (SSSR count). The molecule has 0 aliphatic rings. The fraction of sp³-hybridized carbons (Fsp3) is 0.0556. The van der Waals surface area contributed by atoms with Crippen molar-refractivity contribution in [3.8, 4) is 11.3 Å². The first-order valence-electron chi connectivity index (χ1n) is 7.45. The minimum atomic E-state index is -0.238. The van der Waals surface area contributed by atoms with Crippen LogP contribution in [0, 0.1) is 0 Å². The fourth-order valence-corrected chi connectivity index (χ4v) is 2.76. The van der Waals surface area contributed by atoms with Crippen LogP contribution in [0.15, 0.2) is 60.9 Å². The van der Waals surface area contributed by atoms with E-state index >= 15 is 0 Å². The van der Waals surface area contributed by atoms with Crippen LogP contribution in [0.5, 0.6) is 0 Å². The normalized spacial score (nSPS) is 10.3. The van der Waals surface area contributed by atoms with Gasteiger partial charge in [-0.2, -0.15) is 0 Å². The third-order valence-corrected chi connectivity index (χ3v) is 4.14. The topological polar surface area (TPSA) is 66.9 Å². The molecule has 5 nitrogen and oxygen atoms in total. The molecule has 0 unspecified atom stereocenters. The molecule has 0 atom stereocenters. The van der Waals surface area contributed by atoms with Crippen LogP contribution in [-0.4, -0.2) is 22.1 Å². The van der Waals surface area contributed by atoms with Crippen molar-refractivity contribution < 1.29 is 4.79 Å². The maximum atomic E-state index is 12.4.